The van der Waals surface area contributed by atoms with Gasteiger partial charge in [0.25, 0.3) is 0 Å². The number of hydrogen-bond acceptors (Lipinski definition) is 3. The average molecular weight is 307 g/mol. The van der Waals surface area contributed by atoms with Crippen LogP contribution >= 0.6 is 23.6 Å². The fourth-order valence-electron chi connectivity index (χ4n) is 3.03. The number of rotatable bonds is 1. The van der Waals surface area contributed by atoms with E-state index in [0.717, 1.165) is 18.2 Å². The van der Waals surface area contributed by atoms with Gasteiger partial charge >= 0.3 is 0 Å². The lowest BCUT2D eigenvalue weighted by Crippen LogP contribution is -2.26. The molecule has 108 valence electrons. The number of hydrogen-bond donors (Lipinski definition) is 1. The molecule has 1 N–H and O–H groups in total. The van der Waals surface area contributed by atoms with E-state index in [-0.39, 0.29) is 0 Å². The van der Waals surface area contributed by atoms with Crippen LogP contribution < -0.4 is 0 Å². The molecule has 0 saturated heterocycles. The van der Waals surface area contributed by atoms with Gasteiger partial charge in [-0.25, -0.2) is 0 Å². The predicted molar refractivity (Wildman–Crippen MR) is 86.7 cm³/mol. The van der Waals surface area contributed by atoms with Crippen molar-refractivity contribution in [2.45, 2.75) is 40.0 Å². The van der Waals surface area contributed by atoms with Gasteiger partial charge in [-0.05, 0) is 48.4 Å². The van der Waals surface area contributed by atoms with Crippen molar-refractivity contribution in [1.29, 1.82) is 0 Å². The molecule has 1 aliphatic rings. The number of nitrogens with zero attached hydrogens (tertiary/aromatic N) is 2. The van der Waals surface area contributed by atoms with Crippen LogP contribution in [0.2, 0.25) is 0 Å². The number of fused-ring (bicyclic) bond motifs is 1. The molecule has 0 spiro atoms. The van der Waals surface area contributed by atoms with E-state index >= 15 is 0 Å². The van der Waals surface area contributed by atoms with Gasteiger partial charge in [-0.3, -0.25) is 5.10 Å². The van der Waals surface area contributed by atoms with Gasteiger partial charge < -0.3 is 4.57 Å². The van der Waals surface area contributed by atoms with Gasteiger partial charge in [-0.2, -0.15) is 5.10 Å². The molecule has 0 radical (unpaired) electrons. The van der Waals surface area contributed by atoms with Gasteiger partial charge in [0.05, 0.1) is 0 Å². The van der Waals surface area contributed by atoms with Gasteiger partial charge in [0.2, 0.25) is 0 Å². The molecular formula is C15H21N3S2. The molecule has 20 heavy (non-hydrogen) atoms. The first-order valence-electron chi connectivity index (χ1n) is 7.09. The van der Waals surface area contributed by atoms with E-state index in [2.05, 4.69) is 36.3 Å². The Kier molecular flexibility index (Phi) is 3.37. The number of H-pyrrole nitrogens is 1. The van der Waals surface area contributed by atoms with Crippen LogP contribution in [0.1, 0.15) is 37.6 Å². The minimum absolute atomic E-state index is 0.395. The largest absolute Gasteiger partial charge is 0.303 e. The molecule has 0 fully saturated rings. The normalized spacial score (nSPS) is 19.1. The third-order valence-electron chi connectivity index (χ3n) is 4.50. The second kappa shape index (κ2) is 4.81. The van der Waals surface area contributed by atoms with Gasteiger partial charge in [-0.1, -0.05) is 20.8 Å². The van der Waals surface area contributed by atoms with Crippen molar-refractivity contribution in [3.63, 3.8) is 0 Å². The lowest BCUT2D eigenvalue weighted by Gasteiger charge is -2.34. The van der Waals surface area contributed by atoms with E-state index in [1.54, 1.807) is 4.88 Å². The minimum atomic E-state index is 0.395. The molecule has 2 aromatic heterocycles. The molecule has 2 aromatic rings. The molecular weight excluding hydrogens is 286 g/mol. The third-order valence-corrected chi connectivity index (χ3v) is 5.92. The quantitative estimate of drug-likeness (QED) is 0.794. The number of aromatic amines is 1. The van der Waals surface area contributed by atoms with Gasteiger partial charge in [0.1, 0.15) is 0 Å². The fraction of sp³-hybridized carbons (Fsp3) is 0.600. The van der Waals surface area contributed by atoms with Crippen molar-refractivity contribution in [2.24, 2.45) is 18.4 Å². The zero-order valence-corrected chi connectivity index (χ0v) is 14.1. The highest BCUT2D eigenvalue weighted by molar-refractivity contribution is 7.71. The Labute approximate surface area is 129 Å². The highest BCUT2D eigenvalue weighted by Gasteiger charge is 2.31. The predicted octanol–water partition coefficient (Wildman–Crippen LogP) is 4.36. The average Bonchev–Trinajstić information content (AvgIpc) is 2.93. The van der Waals surface area contributed by atoms with Crippen LogP contribution in [-0.4, -0.2) is 14.8 Å². The van der Waals surface area contributed by atoms with Crippen LogP contribution in [0.3, 0.4) is 0 Å². The maximum Gasteiger partial charge on any atom is 0.195 e. The van der Waals surface area contributed by atoms with Crippen molar-refractivity contribution in [3.05, 3.63) is 20.6 Å². The zero-order chi connectivity index (χ0) is 14.5. The molecule has 0 saturated carbocycles. The topological polar surface area (TPSA) is 33.6 Å². The van der Waals surface area contributed by atoms with E-state index < -0.39 is 0 Å². The number of aromatic nitrogens is 3. The maximum absolute atomic E-state index is 5.22. The smallest absolute Gasteiger partial charge is 0.195 e. The highest BCUT2D eigenvalue weighted by Crippen LogP contribution is 2.42. The van der Waals surface area contributed by atoms with Crippen molar-refractivity contribution in [2.75, 3.05) is 0 Å². The molecule has 3 rings (SSSR count). The molecule has 5 heteroatoms. The van der Waals surface area contributed by atoms with E-state index in [0.29, 0.717) is 10.2 Å². The van der Waals surface area contributed by atoms with Crippen molar-refractivity contribution >= 4 is 23.6 Å². The first-order valence-corrected chi connectivity index (χ1v) is 8.37. The Balaban J connectivity index is 1.98. The van der Waals surface area contributed by atoms with Crippen LogP contribution in [0.15, 0.2) is 5.38 Å². The Bertz CT molecular complexity index is 685. The van der Waals surface area contributed by atoms with E-state index in [4.69, 9.17) is 12.2 Å². The van der Waals surface area contributed by atoms with Crippen LogP contribution in [0, 0.1) is 16.1 Å². The summed E-state index contributed by atoms with van der Waals surface area (Å²) in [6.07, 6.45) is 3.64. The van der Waals surface area contributed by atoms with E-state index in [1.165, 1.54) is 24.0 Å². The Hall–Kier alpha value is -0.940. The zero-order valence-electron chi connectivity index (χ0n) is 12.5. The summed E-state index contributed by atoms with van der Waals surface area (Å²) >= 11 is 7.10. The molecule has 0 aliphatic heterocycles. The SMILES string of the molecule is Cn1c(-c2csc3c2CC[C@H](C(C)(C)C)C3)n[nH]c1=S. The first kappa shape index (κ1) is 14.0. The molecule has 0 amide bonds. The summed E-state index contributed by atoms with van der Waals surface area (Å²) in [5.74, 6) is 1.76. The van der Waals surface area contributed by atoms with Crippen LogP contribution in [-0.2, 0) is 19.9 Å². The second-order valence-electron chi connectivity index (χ2n) is 6.77. The summed E-state index contributed by atoms with van der Waals surface area (Å²) in [5.41, 5.74) is 3.16. The highest BCUT2D eigenvalue weighted by atomic mass is 32.1. The van der Waals surface area contributed by atoms with Gasteiger partial charge in [-0.15, -0.1) is 11.3 Å². The van der Waals surface area contributed by atoms with Crippen LogP contribution in [0.5, 0.6) is 0 Å². The molecule has 1 atom stereocenters. The van der Waals surface area contributed by atoms with E-state index in [9.17, 15) is 0 Å². The van der Waals surface area contributed by atoms with Gasteiger partial charge in [0, 0.05) is 22.9 Å². The standard InChI is InChI=1S/C15H21N3S2/c1-15(2,3)9-5-6-10-11(8-20-12(10)7-9)13-16-17-14(19)18(13)4/h8-9H,5-7H2,1-4H3,(H,17,19)/t9-/m0/s1. The third kappa shape index (κ3) is 2.27. The lowest BCUT2D eigenvalue weighted by molar-refractivity contribution is 0.218. The summed E-state index contributed by atoms with van der Waals surface area (Å²) in [6.45, 7) is 7.07. The van der Waals surface area contributed by atoms with Crippen LogP contribution in [0.4, 0.5) is 0 Å². The van der Waals surface area contributed by atoms with Crippen molar-refractivity contribution in [3.8, 4) is 11.4 Å². The lowest BCUT2D eigenvalue weighted by atomic mass is 9.72. The molecule has 0 unspecified atom stereocenters. The molecule has 3 nitrogen and oxygen atoms in total. The number of thiophene rings is 1. The van der Waals surface area contributed by atoms with Gasteiger partial charge in [0.15, 0.2) is 10.6 Å². The van der Waals surface area contributed by atoms with Crippen molar-refractivity contribution in [1.82, 2.24) is 14.8 Å². The molecule has 0 bridgehead atoms. The Morgan fingerprint density at radius 3 is 2.80 bits per heavy atom. The fourth-order valence-corrected chi connectivity index (χ4v) is 4.32. The molecule has 0 aromatic carbocycles. The maximum atomic E-state index is 5.22. The van der Waals surface area contributed by atoms with E-state index in [1.807, 2.05) is 23.0 Å². The summed E-state index contributed by atoms with van der Waals surface area (Å²) in [7, 11) is 1.98. The monoisotopic (exact) mass is 307 g/mol. The summed E-state index contributed by atoms with van der Waals surface area (Å²) in [4.78, 5) is 1.54. The summed E-state index contributed by atoms with van der Waals surface area (Å²) < 4.78 is 2.65. The second-order valence-corrected chi connectivity index (χ2v) is 8.12. The number of nitrogens with one attached hydrogen (secondary N) is 1. The Morgan fingerprint density at radius 1 is 1.45 bits per heavy atom. The molecule has 1 aliphatic carbocycles. The first-order chi connectivity index (χ1) is 9.38. The Morgan fingerprint density at radius 2 is 2.20 bits per heavy atom. The summed E-state index contributed by atoms with van der Waals surface area (Å²) in [5, 5.41) is 9.52. The summed E-state index contributed by atoms with van der Waals surface area (Å²) in [6, 6.07) is 0. The van der Waals surface area contributed by atoms with Crippen LogP contribution in [0.25, 0.3) is 11.4 Å². The molecule has 2 heterocycles. The minimum Gasteiger partial charge on any atom is -0.303 e. The van der Waals surface area contributed by atoms with Crippen molar-refractivity contribution < 1.29 is 0 Å².